The molecule has 7 heteroatoms. The molecule has 26 heavy (non-hydrogen) atoms. The van der Waals surface area contributed by atoms with Crippen molar-refractivity contribution in [2.45, 2.75) is 12.0 Å². The van der Waals surface area contributed by atoms with Crippen molar-refractivity contribution in [3.05, 3.63) is 54.0 Å². The number of carbonyl (C=O) groups is 1. The number of aromatic nitrogens is 1. The second-order valence-electron chi connectivity index (χ2n) is 6.71. The predicted molar refractivity (Wildman–Crippen MR) is 90.5 cm³/mol. The third-order valence-corrected chi connectivity index (χ3v) is 5.04. The highest BCUT2D eigenvalue weighted by molar-refractivity contribution is 5.95. The number of aromatic hydroxyl groups is 1. The first kappa shape index (κ1) is 16.8. The number of carbonyl (C=O) groups excluding carboxylic acids is 1. The molecule has 0 saturated carbocycles. The summed E-state index contributed by atoms with van der Waals surface area (Å²) in [5.41, 5.74) is -0.00113. The van der Waals surface area contributed by atoms with E-state index in [1.165, 1.54) is 30.5 Å². The molecule has 6 nitrogen and oxygen atoms in total. The number of rotatable bonds is 4. The lowest BCUT2D eigenvalue weighted by atomic mass is 9.81. The summed E-state index contributed by atoms with van der Waals surface area (Å²) in [5, 5.41) is 9.53. The molecule has 136 valence electrons. The topological polar surface area (TPSA) is 71.9 Å². The number of ether oxygens (including phenoxy) is 2. The normalized spacial score (nSPS) is 20.8. The van der Waals surface area contributed by atoms with Gasteiger partial charge >= 0.3 is 0 Å². The van der Waals surface area contributed by atoms with Gasteiger partial charge in [-0.2, -0.15) is 0 Å². The molecule has 0 unspecified atom stereocenters. The van der Waals surface area contributed by atoms with Gasteiger partial charge in [0.05, 0.1) is 19.7 Å². The van der Waals surface area contributed by atoms with Crippen molar-refractivity contribution < 1.29 is 23.8 Å². The van der Waals surface area contributed by atoms with Gasteiger partial charge in [0.1, 0.15) is 11.4 Å². The SMILES string of the molecule is O=C(c1cccc(O)c1)N1CC2(C1)OCC[C@@H]2COc1ncccc1F. The molecule has 0 aliphatic carbocycles. The summed E-state index contributed by atoms with van der Waals surface area (Å²) >= 11 is 0. The molecule has 2 aliphatic rings. The number of halogens is 1. The van der Waals surface area contributed by atoms with Crippen molar-refractivity contribution in [3.63, 3.8) is 0 Å². The van der Waals surface area contributed by atoms with Gasteiger partial charge in [-0.3, -0.25) is 4.79 Å². The minimum absolute atomic E-state index is 0.0124. The van der Waals surface area contributed by atoms with Crippen LogP contribution in [-0.2, 0) is 4.74 Å². The number of benzene rings is 1. The van der Waals surface area contributed by atoms with Gasteiger partial charge in [-0.1, -0.05) is 6.07 Å². The van der Waals surface area contributed by atoms with Crippen LogP contribution in [-0.4, -0.2) is 52.8 Å². The fraction of sp³-hybridized carbons (Fsp3) is 0.368. The van der Waals surface area contributed by atoms with Crippen LogP contribution >= 0.6 is 0 Å². The van der Waals surface area contributed by atoms with E-state index >= 15 is 0 Å². The molecule has 2 aliphatic heterocycles. The molecule has 4 rings (SSSR count). The third-order valence-electron chi connectivity index (χ3n) is 5.04. The lowest BCUT2D eigenvalue weighted by Gasteiger charge is -2.50. The Morgan fingerprint density at radius 1 is 1.38 bits per heavy atom. The van der Waals surface area contributed by atoms with E-state index < -0.39 is 11.4 Å². The van der Waals surface area contributed by atoms with Gasteiger partial charge in [0.15, 0.2) is 5.82 Å². The summed E-state index contributed by atoms with van der Waals surface area (Å²) in [4.78, 5) is 18.1. The quantitative estimate of drug-likeness (QED) is 0.908. The third kappa shape index (κ3) is 2.99. The molecule has 2 fully saturated rings. The molecule has 1 amide bonds. The number of pyridine rings is 1. The second-order valence-corrected chi connectivity index (χ2v) is 6.71. The largest absolute Gasteiger partial charge is 0.508 e. The molecule has 0 radical (unpaired) electrons. The zero-order valence-corrected chi connectivity index (χ0v) is 14.1. The Morgan fingerprint density at radius 3 is 3.00 bits per heavy atom. The van der Waals surface area contributed by atoms with Crippen molar-refractivity contribution in [1.82, 2.24) is 9.88 Å². The molecule has 1 aromatic carbocycles. The standard InChI is InChI=1S/C19H19FN2O4/c20-16-5-2-7-21-17(16)25-10-14-6-8-26-19(14)11-22(12-19)18(24)13-3-1-4-15(23)9-13/h1-5,7,9,14,23H,6,8,10-12H2/t14-/m1/s1. The Morgan fingerprint density at radius 2 is 2.23 bits per heavy atom. The summed E-state index contributed by atoms with van der Waals surface area (Å²) in [6.45, 7) is 1.80. The van der Waals surface area contributed by atoms with Gasteiger partial charge in [-0.25, -0.2) is 9.37 Å². The molecule has 2 saturated heterocycles. The zero-order chi connectivity index (χ0) is 18.1. The smallest absolute Gasteiger partial charge is 0.254 e. The molecular formula is C19H19FN2O4. The van der Waals surface area contributed by atoms with Crippen LogP contribution in [0.2, 0.25) is 0 Å². The van der Waals surface area contributed by atoms with Crippen molar-refractivity contribution in [2.75, 3.05) is 26.3 Å². The van der Waals surface area contributed by atoms with Crippen LogP contribution in [0.1, 0.15) is 16.8 Å². The van der Waals surface area contributed by atoms with Crippen molar-refractivity contribution >= 4 is 5.91 Å². The van der Waals surface area contributed by atoms with Crippen LogP contribution in [0, 0.1) is 11.7 Å². The first-order valence-electron chi connectivity index (χ1n) is 8.53. The number of likely N-dealkylation sites (tertiary alicyclic amines) is 1. The monoisotopic (exact) mass is 358 g/mol. The Hall–Kier alpha value is -2.67. The Labute approximate surface area is 150 Å². The van der Waals surface area contributed by atoms with Crippen LogP contribution in [0.5, 0.6) is 11.6 Å². The zero-order valence-electron chi connectivity index (χ0n) is 14.1. The number of phenolic OH excluding ortho intramolecular Hbond substituents is 1. The minimum atomic E-state index is -0.491. The molecule has 1 N–H and O–H groups in total. The lowest BCUT2D eigenvalue weighted by molar-refractivity contribution is -0.122. The van der Waals surface area contributed by atoms with Gasteiger partial charge in [0, 0.05) is 24.3 Å². The van der Waals surface area contributed by atoms with Crippen LogP contribution in [0.25, 0.3) is 0 Å². The first-order chi connectivity index (χ1) is 12.6. The van der Waals surface area contributed by atoms with E-state index in [1.807, 2.05) is 0 Å². The molecule has 1 atom stereocenters. The van der Waals surface area contributed by atoms with Crippen LogP contribution < -0.4 is 4.74 Å². The number of phenols is 1. The molecule has 2 aromatic rings. The molecule has 1 spiro atoms. The molecule has 0 bridgehead atoms. The summed E-state index contributed by atoms with van der Waals surface area (Å²) in [7, 11) is 0. The van der Waals surface area contributed by atoms with Crippen LogP contribution in [0.15, 0.2) is 42.6 Å². The summed E-state index contributed by atoms with van der Waals surface area (Å²) in [6.07, 6.45) is 2.28. The number of hydrogen-bond acceptors (Lipinski definition) is 5. The Bertz CT molecular complexity index is 823. The van der Waals surface area contributed by atoms with Gasteiger partial charge in [-0.15, -0.1) is 0 Å². The Kier molecular flexibility index (Phi) is 4.24. The van der Waals surface area contributed by atoms with Crippen LogP contribution in [0.3, 0.4) is 0 Å². The summed E-state index contributed by atoms with van der Waals surface area (Å²) in [5.74, 6) is -0.516. The van der Waals surface area contributed by atoms with E-state index in [2.05, 4.69) is 4.98 Å². The maximum Gasteiger partial charge on any atom is 0.254 e. The van der Waals surface area contributed by atoms with E-state index in [9.17, 15) is 14.3 Å². The van der Waals surface area contributed by atoms with Gasteiger partial charge in [-0.05, 0) is 36.8 Å². The van der Waals surface area contributed by atoms with Gasteiger partial charge in [0.2, 0.25) is 5.88 Å². The molecular weight excluding hydrogens is 339 g/mol. The first-order valence-corrected chi connectivity index (χ1v) is 8.53. The second kappa shape index (κ2) is 6.57. The van der Waals surface area contributed by atoms with Crippen molar-refractivity contribution in [1.29, 1.82) is 0 Å². The highest BCUT2D eigenvalue weighted by Gasteiger charge is 2.54. The fourth-order valence-corrected chi connectivity index (χ4v) is 3.59. The van der Waals surface area contributed by atoms with Crippen LogP contribution in [0.4, 0.5) is 4.39 Å². The number of hydrogen-bond donors (Lipinski definition) is 1. The van der Waals surface area contributed by atoms with E-state index in [0.29, 0.717) is 31.9 Å². The Balaban J connectivity index is 1.39. The summed E-state index contributed by atoms with van der Waals surface area (Å²) in [6, 6.07) is 9.11. The predicted octanol–water partition coefficient (Wildman–Crippen LogP) is 2.24. The van der Waals surface area contributed by atoms with Gasteiger partial charge in [0.25, 0.3) is 5.91 Å². The summed E-state index contributed by atoms with van der Waals surface area (Å²) < 4.78 is 25.1. The van der Waals surface area contributed by atoms with E-state index in [4.69, 9.17) is 9.47 Å². The highest BCUT2D eigenvalue weighted by Crippen LogP contribution is 2.40. The fourth-order valence-electron chi connectivity index (χ4n) is 3.59. The maximum atomic E-state index is 13.6. The highest BCUT2D eigenvalue weighted by atomic mass is 19.1. The van der Waals surface area contributed by atoms with E-state index in [0.717, 1.165) is 6.42 Å². The number of amides is 1. The molecule has 1 aromatic heterocycles. The molecule has 3 heterocycles. The van der Waals surface area contributed by atoms with Crippen molar-refractivity contribution in [3.8, 4) is 11.6 Å². The lowest BCUT2D eigenvalue weighted by Crippen LogP contribution is -2.66. The van der Waals surface area contributed by atoms with Gasteiger partial charge < -0.3 is 19.5 Å². The van der Waals surface area contributed by atoms with E-state index in [1.54, 1.807) is 17.0 Å². The number of nitrogens with zero attached hydrogens (tertiary/aromatic N) is 2. The maximum absolute atomic E-state index is 13.6. The minimum Gasteiger partial charge on any atom is -0.508 e. The average Bonchev–Trinajstić information content (AvgIpc) is 3.03. The van der Waals surface area contributed by atoms with E-state index in [-0.39, 0.29) is 23.5 Å². The van der Waals surface area contributed by atoms with Crippen molar-refractivity contribution in [2.24, 2.45) is 5.92 Å². The average molecular weight is 358 g/mol.